The van der Waals surface area contributed by atoms with E-state index in [1.807, 2.05) is 18.2 Å². The summed E-state index contributed by atoms with van der Waals surface area (Å²) in [6.45, 7) is 0. The Balaban J connectivity index is 1.74. The first-order valence-corrected chi connectivity index (χ1v) is 7.07. The molecule has 0 aliphatic heterocycles. The minimum atomic E-state index is 0.954. The smallest absolute Gasteiger partial charge is 0.107 e. The molecule has 0 fully saturated rings. The molecule has 3 rings (SSSR count). The van der Waals surface area contributed by atoms with Gasteiger partial charge in [0.05, 0.1) is 11.0 Å². The van der Waals surface area contributed by atoms with Crippen molar-refractivity contribution in [2.45, 2.75) is 12.8 Å². The Morgan fingerprint density at radius 1 is 0.944 bits per heavy atom. The van der Waals surface area contributed by atoms with Crippen LogP contribution >= 0.6 is 22.6 Å². The third kappa shape index (κ3) is 2.56. The van der Waals surface area contributed by atoms with Crippen molar-refractivity contribution in [3.05, 3.63) is 63.5 Å². The van der Waals surface area contributed by atoms with Gasteiger partial charge in [0.15, 0.2) is 0 Å². The molecular weight excluding hydrogens is 335 g/mol. The number of hydrogen-bond acceptors (Lipinski definition) is 1. The van der Waals surface area contributed by atoms with Gasteiger partial charge in [0.25, 0.3) is 0 Å². The summed E-state index contributed by atoms with van der Waals surface area (Å²) in [5, 5.41) is 0. The first-order valence-electron chi connectivity index (χ1n) is 5.99. The van der Waals surface area contributed by atoms with Crippen molar-refractivity contribution < 1.29 is 0 Å². The van der Waals surface area contributed by atoms with E-state index in [1.165, 1.54) is 9.13 Å². The Kier molecular flexibility index (Phi) is 3.32. The van der Waals surface area contributed by atoms with Gasteiger partial charge in [-0.05, 0) is 58.8 Å². The molecule has 90 valence electrons. The number of halogens is 1. The monoisotopic (exact) mass is 348 g/mol. The van der Waals surface area contributed by atoms with Gasteiger partial charge in [-0.2, -0.15) is 0 Å². The molecule has 0 aliphatic rings. The molecule has 0 spiro atoms. The molecule has 3 heteroatoms. The van der Waals surface area contributed by atoms with Crippen LogP contribution in [0.2, 0.25) is 0 Å². The number of aryl methyl sites for hydroxylation is 2. The molecule has 1 aromatic heterocycles. The van der Waals surface area contributed by atoms with Crippen molar-refractivity contribution in [2.24, 2.45) is 0 Å². The summed E-state index contributed by atoms with van der Waals surface area (Å²) in [4.78, 5) is 7.95. The van der Waals surface area contributed by atoms with Crippen LogP contribution in [0.4, 0.5) is 0 Å². The molecule has 18 heavy (non-hydrogen) atoms. The Morgan fingerprint density at radius 3 is 2.50 bits per heavy atom. The molecule has 0 saturated carbocycles. The maximum absolute atomic E-state index is 4.59. The summed E-state index contributed by atoms with van der Waals surface area (Å²) in [5.41, 5.74) is 3.53. The predicted molar refractivity (Wildman–Crippen MR) is 82.7 cm³/mol. The fraction of sp³-hybridized carbons (Fsp3) is 0.133. The number of para-hydroxylation sites is 2. The van der Waals surface area contributed by atoms with Gasteiger partial charge >= 0.3 is 0 Å². The van der Waals surface area contributed by atoms with Crippen LogP contribution < -0.4 is 0 Å². The number of rotatable bonds is 3. The number of H-pyrrole nitrogens is 1. The van der Waals surface area contributed by atoms with E-state index >= 15 is 0 Å². The number of benzene rings is 2. The van der Waals surface area contributed by atoms with Crippen molar-refractivity contribution in [3.63, 3.8) is 0 Å². The zero-order chi connectivity index (χ0) is 12.4. The third-order valence-corrected chi connectivity index (χ3v) is 3.72. The molecule has 0 aliphatic carbocycles. The molecule has 0 radical (unpaired) electrons. The lowest BCUT2D eigenvalue weighted by Gasteiger charge is -1.99. The van der Waals surface area contributed by atoms with E-state index in [-0.39, 0.29) is 0 Å². The van der Waals surface area contributed by atoms with E-state index in [0.717, 1.165) is 29.7 Å². The van der Waals surface area contributed by atoms with E-state index in [2.05, 4.69) is 62.9 Å². The molecule has 3 aromatic rings. The average molecular weight is 348 g/mol. The quantitative estimate of drug-likeness (QED) is 0.714. The summed E-state index contributed by atoms with van der Waals surface area (Å²) in [6, 6.07) is 16.8. The molecule has 0 saturated heterocycles. The van der Waals surface area contributed by atoms with Gasteiger partial charge in [0, 0.05) is 9.99 Å². The Hall–Kier alpha value is -1.36. The van der Waals surface area contributed by atoms with Gasteiger partial charge in [-0.3, -0.25) is 0 Å². The number of aromatic nitrogens is 2. The zero-order valence-corrected chi connectivity index (χ0v) is 12.0. The van der Waals surface area contributed by atoms with E-state index < -0.39 is 0 Å². The molecule has 1 heterocycles. The highest BCUT2D eigenvalue weighted by Crippen LogP contribution is 2.13. The highest BCUT2D eigenvalue weighted by molar-refractivity contribution is 14.1. The summed E-state index contributed by atoms with van der Waals surface area (Å²) in [5.74, 6) is 1.06. The normalized spacial score (nSPS) is 10.9. The van der Waals surface area contributed by atoms with Gasteiger partial charge in [0.2, 0.25) is 0 Å². The highest BCUT2D eigenvalue weighted by Gasteiger charge is 2.02. The molecule has 2 aromatic carbocycles. The standard InChI is InChI=1S/C15H13IN2/c16-12-8-5-11(6-9-12)7-10-15-17-13-3-1-2-4-14(13)18-15/h1-6,8-9H,7,10H2,(H,17,18). The summed E-state index contributed by atoms with van der Waals surface area (Å²) >= 11 is 2.33. The minimum absolute atomic E-state index is 0.954. The van der Waals surface area contributed by atoms with Gasteiger partial charge in [-0.1, -0.05) is 24.3 Å². The van der Waals surface area contributed by atoms with Crippen LogP contribution in [0, 0.1) is 3.57 Å². The van der Waals surface area contributed by atoms with Crippen molar-refractivity contribution in [1.82, 2.24) is 9.97 Å². The van der Waals surface area contributed by atoms with Crippen LogP contribution in [-0.2, 0) is 12.8 Å². The second-order valence-electron chi connectivity index (χ2n) is 4.33. The summed E-state index contributed by atoms with van der Waals surface area (Å²) in [7, 11) is 0. The number of imidazole rings is 1. The third-order valence-electron chi connectivity index (χ3n) is 3.00. The fourth-order valence-electron chi connectivity index (χ4n) is 2.04. The lowest BCUT2D eigenvalue weighted by Crippen LogP contribution is -1.93. The minimum Gasteiger partial charge on any atom is -0.342 e. The molecule has 2 nitrogen and oxygen atoms in total. The Bertz CT molecular complexity index is 623. The number of nitrogens with one attached hydrogen (secondary N) is 1. The SMILES string of the molecule is Ic1ccc(CCc2nc3ccccc3[nH]2)cc1. The molecule has 0 atom stereocenters. The van der Waals surface area contributed by atoms with Gasteiger partial charge in [-0.15, -0.1) is 0 Å². The molecular formula is C15H13IN2. The van der Waals surface area contributed by atoms with E-state index in [4.69, 9.17) is 0 Å². The molecule has 0 amide bonds. The van der Waals surface area contributed by atoms with E-state index in [1.54, 1.807) is 0 Å². The first kappa shape index (κ1) is 11.7. The van der Waals surface area contributed by atoms with Crippen molar-refractivity contribution in [1.29, 1.82) is 0 Å². The Labute approximate surface area is 120 Å². The fourth-order valence-corrected chi connectivity index (χ4v) is 2.40. The lowest BCUT2D eigenvalue weighted by atomic mass is 10.1. The average Bonchev–Trinajstić information content (AvgIpc) is 2.81. The zero-order valence-electron chi connectivity index (χ0n) is 9.86. The number of fused-ring (bicyclic) bond motifs is 1. The van der Waals surface area contributed by atoms with Crippen LogP contribution in [0.5, 0.6) is 0 Å². The Morgan fingerprint density at radius 2 is 1.72 bits per heavy atom. The van der Waals surface area contributed by atoms with Crippen molar-refractivity contribution in [3.8, 4) is 0 Å². The van der Waals surface area contributed by atoms with Gasteiger partial charge in [-0.25, -0.2) is 4.98 Å². The van der Waals surface area contributed by atoms with Crippen LogP contribution in [0.15, 0.2) is 48.5 Å². The predicted octanol–water partition coefficient (Wildman–Crippen LogP) is 3.95. The summed E-state index contributed by atoms with van der Waals surface area (Å²) < 4.78 is 1.28. The van der Waals surface area contributed by atoms with Crippen LogP contribution in [-0.4, -0.2) is 9.97 Å². The number of nitrogens with zero attached hydrogens (tertiary/aromatic N) is 1. The maximum Gasteiger partial charge on any atom is 0.107 e. The largest absolute Gasteiger partial charge is 0.342 e. The van der Waals surface area contributed by atoms with Crippen LogP contribution in [0.3, 0.4) is 0 Å². The van der Waals surface area contributed by atoms with Crippen LogP contribution in [0.1, 0.15) is 11.4 Å². The highest BCUT2D eigenvalue weighted by atomic mass is 127. The van der Waals surface area contributed by atoms with Crippen molar-refractivity contribution in [2.75, 3.05) is 0 Å². The van der Waals surface area contributed by atoms with Crippen LogP contribution in [0.25, 0.3) is 11.0 Å². The van der Waals surface area contributed by atoms with Gasteiger partial charge in [0.1, 0.15) is 5.82 Å². The second-order valence-corrected chi connectivity index (χ2v) is 5.57. The maximum atomic E-state index is 4.59. The second kappa shape index (κ2) is 5.10. The molecule has 0 unspecified atom stereocenters. The molecule has 0 bridgehead atoms. The van der Waals surface area contributed by atoms with Gasteiger partial charge < -0.3 is 4.98 Å². The number of hydrogen-bond donors (Lipinski definition) is 1. The van der Waals surface area contributed by atoms with E-state index in [0.29, 0.717) is 0 Å². The summed E-state index contributed by atoms with van der Waals surface area (Å²) in [6.07, 6.45) is 1.98. The first-order chi connectivity index (χ1) is 8.81. The van der Waals surface area contributed by atoms with Crippen molar-refractivity contribution >= 4 is 33.6 Å². The lowest BCUT2D eigenvalue weighted by molar-refractivity contribution is 0.890. The molecule has 1 N–H and O–H groups in total. The number of aromatic amines is 1. The topological polar surface area (TPSA) is 28.7 Å². The van der Waals surface area contributed by atoms with E-state index in [9.17, 15) is 0 Å².